The highest BCUT2D eigenvalue weighted by Crippen LogP contribution is 2.35. The van der Waals surface area contributed by atoms with E-state index in [0.717, 1.165) is 24.3 Å². The molecule has 0 saturated carbocycles. The fourth-order valence-corrected chi connectivity index (χ4v) is 2.32. The van der Waals surface area contributed by atoms with Crippen molar-refractivity contribution >= 4 is 23.4 Å². The Morgan fingerprint density at radius 2 is 1.86 bits per heavy atom. The summed E-state index contributed by atoms with van der Waals surface area (Å²) < 4.78 is 44.8. The number of benzene rings is 1. The van der Waals surface area contributed by atoms with Crippen LogP contribution in [-0.4, -0.2) is 28.4 Å². The third-order valence-corrected chi connectivity index (χ3v) is 3.57. The Morgan fingerprint density at radius 3 is 2.38 bits per heavy atom. The Hall–Kier alpha value is -3.70. The number of hydrogen-bond acceptors (Lipinski definition) is 7. The summed E-state index contributed by atoms with van der Waals surface area (Å²) in [5, 5.41) is 10.6. The number of anilines is 1. The third-order valence-electron chi connectivity index (χ3n) is 3.57. The zero-order chi connectivity index (χ0) is 21.8. The molecular formula is C17H15F3N4O5. The monoisotopic (exact) mass is 412 g/mol. The van der Waals surface area contributed by atoms with E-state index in [0.29, 0.717) is 6.07 Å². The van der Waals surface area contributed by atoms with Gasteiger partial charge in [0, 0.05) is 23.4 Å². The van der Waals surface area contributed by atoms with Crippen LogP contribution in [0.4, 0.5) is 24.7 Å². The standard InChI is InChI=1S/C17H15F3N4O5/c1-3-29-16(26)13-12(17(18,19)20)8-9(2)21-14(13)22-23-15(25)10-4-6-11(7-5-10)24(27)28/h4-8H,3H2,1-2H3,(H,21,22)(H,23,25). The quantitative estimate of drug-likeness (QED) is 0.424. The van der Waals surface area contributed by atoms with Crippen molar-refractivity contribution in [1.29, 1.82) is 0 Å². The smallest absolute Gasteiger partial charge is 0.417 e. The number of esters is 1. The Bertz CT molecular complexity index is 945. The number of ether oxygens (including phenoxy) is 1. The molecule has 1 amide bonds. The molecule has 12 heteroatoms. The molecule has 2 rings (SSSR count). The molecule has 0 fully saturated rings. The molecule has 0 aliphatic carbocycles. The van der Waals surface area contributed by atoms with E-state index in [2.05, 4.69) is 20.6 Å². The molecule has 0 radical (unpaired) electrons. The molecule has 2 aromatic rings. The predicted molar refractivity (Wildman–Crippen MR) is 94.1 cm³/mol. The van der Waals surface area contributed by atoms with Gasteiger partial charge < -0.3 is 4.74 Å². The molecule has 0 aliphatic heterocycles. The number of alkyl halides is 3. The fraction of sp³-hybridized carbons (Fsp3) is 0.235. The number of carbonyl (C=O) groups is 2. The molecule has 1 aromatic heterocycles. The molecule has 1 heterocycles. The lowest BCUT2D eigenvalue weighted by Crippen LogP contribution is -2.32. The van der Waals surface area contributed by atoms with Crippen molar-refractivity contribution in [2.24, 2.45) is 0 Å². The summed E-state index contributed by atoms with van der Waals surface area (Å²) >= 11 is 0. The fourth-order valence-electron chi connectivity index (χ4n) is 2.32. The van der Waals surface area contributed by atoms with Crippen LogP contribution in [0.5, 0.6) is 0 Å². The van der Waals surface area contributed by atoms with E-state index in [1.54, 1.807) is 0 Å². The summed E-state index contributed by atoms with van der Waals surface area (Å²) in [4.78, 5) is 38.1. The van der Waals surface area contributed by atoms with Crippen LogP contribution in [0, 0.1) is 17.0 Å². The average Bonchev–Trinajstić information content (AvgIpc) is 2.65. The van der Waals surface area contributed by atoms with Gasteiger partial charge in [-0.2, -0.15) is 13.2 Å². The number of rotatable bonds is 6. The van der Waals surface area contributed by atoms with Gasteiger partial charge in [0.1, 0.15) is 5.56 Å². The number of non-ortho nitro benzene ring substituents is 1. The van der Waals surface area contributed by atoms with E-state index in [1.807, 2.05) is 0 Å². The van der Waals surface area contributed by atoms with Gasteiger partial charge >= 0.3 is 12.1 Å². The van der Waals surface area contributed by atoms with E-state index >= 15 is 0 Å². The molecule has 1 aromatic carbocycles. The number of hydrazine groups is 1. The summed E-state index contributed by atoms with van der Waals surface area (Å²) in [6.07, 6.45) is -4.87. The Kier molecular flexibility index (Phi) is 6.36. The molecule has 9 nitrogen and oxygen atoms in total. The maximum atomic E-state index is 13.4. The van der Waals surface area contributed by atoms with Gasteiger partial charge in [-0.15, -0.1) is 0 Å². The first-order valence-corrected chi connectivity index (χ1v) is 8.11. The van der Waals surface area contributed by atoms with Crippen molar-refractivity contribution < 1.29 is 32.4 Å². The van der Waals surface area contributed by atoms with E-state index in [4.69, 9.17) is 0 Å². The van der Waals surface area contributed by atoms with E-state index < -0.39 is 39.9 Å². The highest BCUT2D eigenvalue weighted by atomic mass is 19.4. The van der Waals surface area contributed by atoms with Gasteiger partial charge in [0.05, 0.1) is 17.1 Å². The molecule has 2 N–H and O–H groups in total. The van der Waals surface area contributed by atoms with Gasteiger partial charge in [0.15, 0.2) is 5.82 Å². The third kappa shape index (κ3) is 5.18. The van der Waals surface area contributed by atoms with Crippen molar-refractivity contribution in [3.63, 3.8) is 0 Å². The average molecular weight is 412 g/mol. The number of pyridine rings is 1. The SMILES string of the molecule is CCOC(=O)c1c(C(F)(F)F)cc(C)nc1NNC(=O)c1ccc([N+](=O)[O-])cc1. The number of nitro groups is 1. The minimum Gasteiger partial charge on any atom is -0.462 e. The van der Waals surface area contributed by atoms with Crippen molar-refractivity contribution in [2.75, 3.05) is 12.0 Å². The van der Waals surface area contributed by atoms with Gasteiger partial charge in [-0.25, -0.2) is 9.78 Å². The number of aryl methyl sites for hydroxylation is 1. The van der Waals surface area contributed by atoms with E-state index in [-0.39, 0.29) is 23.6 Å². The topological polar surface area (TPSA) is 123 Å². The molecule has 0 spiro atoms. The zero-order valence-electron chi connectivity index (χ0n) is 15.2. The van der Waals surface area contributed by atoms with Crippen LogP contribution in [0.1, 0.15) is 38.9 Å². The van der Waals surface area contributed by atoms with Crippen molar-refractivity contribution in [2.45, 2.75) is 20.0 Å². The lowest BCUT2D eigenvalue weighted by Gasteiger charge is -2.17. The summed E-state index contributed by atoms with van der Waals surface area (Å²) in [6, 6.07) is 5.19. The summed E-state index contributed by atoms with van der Waals surface area (Å²) in [5.41, 5.74) is 1.85. The maximum absolute atomic E-state index is 13.4. The van der Waals surface area contributed by atoms with Gasteiger partial charge in [-0.3, -0.25) is 25.8 Å². The Morgan fingerprint density at radius 1 is 1.24 bits per heavy atom. The number of aromatic nitrogens is 1. The van der Waals surface area contributed by atoms with Crippen LogP contribution in [0.25, 0.3) is 0 Å². The number of nitrogens with one attached hydrogen (secondary N) is 2. The second-order valence-electron chi connectivity index (χ2n) is 5.64. The van der Waals surface area contributed by atoms with Gasteiger partial charge in [0.2, 0.25) is 0 Å². The number of amides is 1. The first-order valence-electron chi connectivity index (χ1n) is 8.11. The zero-order valence-corrected chi connectivity index (χ0v) is 15.2. The lowest BCUT2D eigenvalue weighted by atomic mass is 10.1. The van der Waals surface area contributed by atoms with Crippen LogP contribution in [0.3, 0.4) is 0 Å². The molecular weight excluding hydrogens is 397 g/mol. The molecule has 0 atom stereocenters. The van der Waals surface area contributed by atoms with Crippen LogP contribution >= 0.6 is 0 Å². The highest BCUT2D eigenvalue weighted by Gasteiger charge is 2.38. The predicted octanol–water partition coefficient (Wildman–Crippen LogP) is 3.25. The van der Waals surface area contributed by atoms with Crippen molar-refractivity contribution in [3.05, 3.63) is 62.8 Å². The number of nitrogens with zero attached hydrogens (tertiary/aromatic N) is 2. The van der Waals surface area contributed by atoms with Gasteiger partial charge in [-0.05, 0) is 32.0 Å². The minimum absolute atomic E-state index is 0.00974. The largest absolute Gasteiger partial charge is 0.462 e. The Balaban J connectivity index is 2.33. The molecule has 0 bridgehead atoms. The van der Waals surface area contributed by atoms with Crippen LogP contribution in [0.15, 0.2) is 30.3 Å². The van der Waals surface area contributed by atoms with Crippen LogP contribution < -0.4 is 10.9 Å². The Labute approximate surface area is 162 Å². The van der Waals surface area contributed by atoms with Gasteiger partial charge in [0.25, 0.3) is 11.6 Å². The molecule has 29 heavy (non-hydrogen) atoms. The molecule has 0 aliphatic rings. The second kappa shape index (κ2) is 8.54. The number of nitro benzene ring substituents is 1. The van der Waals surface area contributed by atoms with E-state index in [9.17, 15) is 32.9 Å². The number of halogens is 3. The minimum atomic E-state index is -4.87. The molecule has 0 saturated heterocycles. The molecule has 0 unspecified atom stereocenters. The molecule has 154 valence electrons. The summed E-state index contributed by atoms with van der Waals surface area (Å²) in [7, 11) is 0. The normalized spacial score (nSPS) is 10.9. The highest BCUT2D eigenvalue weighted by molar-refractivity contribution is 5.98. The number of carbonyl (C=O) groups excluding carboxylic acids is 2. The van der Waals surface area contributed by atoms with E-state index in [1.165, 1.54) is 13.8 Å². The summed E-state index contributed by atoms with van der Waals surface area (Å²) in [5.74, 6) is -2.63. The second-order valence-corrected chi connectivity index (χ2v) is 5.64. The number of hydrogen-bond donors (Lipinski definition) is 2. The first-order chi connectivity index (χ1) is 13.5. The van der Waals surface area contributed by atoms with Crippen molar-refractivity contribution in [1.82, 2.24) is 10.4 Å². The van der Waals surface area contributed by atoms with Crippen LogP contribution in [-0.2, 0) is 10.9 Å². The van der Waals surface area contributed by atoms with Crippen molar-refractivity contribution in [3.8, 4) is 0 Å². The van der Waals surface area contributed by atoms with Gasteiger partial charge in [-0.1, -0.05) is 0 Å². The van der Waals surface area contributed by atoms with Crippen LogP contribution in [0.2, 0.25) is 0 Å². The maximum Gasteiger partial charge on any atom is 0.417 e. The first kappa shape index (κ1) is 21.6. The lowest BCUT2D eigenvalue weighted by molar-refractivity contribution is -0.384. The summed E-state index contributed by atoms with van der Waals surface area (Å²) in [6.45, 7) is 2.54.